The maximum atomic E-state index is 12.7. The van der Waals surface area contributed by atoms with E-state index in [1.807, 2.05) is 72.8 Å². The van der Waals surface area contributed by atoms with Crippen LogP contribution in [-0.2, 0) is 11.3 Å². The molecule has 0 saturated carbocycles. The highest BCUT2D eigenvalue weighted by Gasteiger charge is 2.31. The van der Waals surface area contributed by atoms with Gasteiger partial charge in [0, 0.05) is 12.1 Å². The minimum Gasteiger partial charge on any atom is -0.344 e. The van der Waals surface area contributed by atoms with Gasteiger partial charge in [-0.25, -0.2) is 0 Å². The summed E-state index contributed by atoms with van der Waals surface area (Å²) in [6.45, 7) is 0.624. The van der Waals surface area contributed by atoms with Crippen LogP contribution in [-0.4, -0.2) is 11.9 Å². The fourth-order valence-electron chi connectivity index (χ4n) is 3.08. The topological polar surface area (TPSA) is 32.3 Å². The van der Waals surface area contributed by atoms with Crippen molar-refractivity contribution in [2.24, 2.45) is 0 Å². The Kier molecular flexibility index (Phi) is 4.40. The van der Waals surface area contributed by atoms with E-state index in [0.29, 0.717) is 6.54 Å². The molecule has 3 nitrogen and oxygen atoms in total. The van der Waals surface area contributed by atoms with Crippen LogP contribution < -0.4 is 10.2 Å². The predicted octanol–water partition coefficient (Wildman–Crippen LogP) is 4.07. The number of benzene rings is 3. The van der Waals surface area contributed by atoms with Gasteiger partial charge in [0.25, 0.3) is 5.91 Å². The molecule has 1 aliphatic heterocycles. The fourth-order valence-corrected chi connectivity index (χ4v) is 3.08. The zero-order chi connectivity index (χ0) is 17.8. The first-order chi connectivity index (χ1) is 12.8. The lowest BCUT2D eigenvalue weighted by molar-refractivity contribution is -0.116. The summed E-state index contributed by atoms with van der Waals surface area (Å²) in [6.07, 6.45) is 0. The van der Waals surface area contributed by atoms with Crippen LogP contribution in [0.25, 0.3) is 0 Å². The van der Waals surface area contributed by atoms with Crippen LogP contribution in [0.15, 0.2) is 84.9 Å². The van der Waals surface area contributed by atoms with Crippen molar-refractivity contribution in [2.75, 3.05) is 10.2 Å². The Morgan fingerprint density at radius 2 is 1.50 bits per heavy atom. The first kappa shape index (κ1) is 16.0. The second-order valence-electron chi connectivity index (χ2n) is 6.16. The minimum atomic E-state index is -0.537. The highest BCUT2D eigenvalue weighted by molar-refractivity contribution is 6.05. The van der Waals surface area contributed by atoms with Gasteiger partial charge in [-0.2, -0.15) is 0 Å². The van der Waals surface area contributed by atoms with Crippen molar-refractivity contribution in [1.82, 2.24) is 0 Å². The van der Waals surface area contributed by atoms with E-state index in [1.54, 1.807) is 0 Å². The molecule has 3 aromatic rings. The Morgan fingerprint density at radius 3 is 2.27 bits per heavy atom. The molecule has 126 valence electrons. The summed E-state index contributed by atoms with van der Waals surface area (Å²) in [7, 11) is 0. The second kappa shape index (κ2) is 7.16. The van der Waals surface area contributed by atoms with E-state index in [-0.39, 0.29) is 5.91 Å². The van der Waals surface area contributed by atoms with Crippen LogP contribution in [0.2, 0.25) is 0 Å². The van der Waals surface area contributed by atoms with Crippen molar-refractivity contribution in [1.29, 1.82) is 0 Å². The van der Waals surface area contributed by atoms with Gasteiger partial charge in [-0.3, -0.25) is 4.79 Å². The molecular formula is C23H18N2O. The monoisotopic (exact) mass is 338 g/mol. The van der Waals surface area contributed by atoms with Crippen molar-refractivity contribution >= 4 is 17.3 Å². The highest BCUT2D eigenvalue weighted by atomic mass is 16.2. The van der Waals surface area contributed by atoms with Gasteiger partial charge in [-0.1, -0.05) is 72.5 Å². The summed E-state index contributed by atoms with van der Waals surface area (Å²) in [5, 5.41) is 2.98. The summed E-state index contributed by atoms with van der Waals surface area (Å²) >= 11 is 0. The van der Waals surface area contributed by atoms with Crippen molar-refractivity contribution < 1.29 is 4.79 Å². The molecule has 0 aromatic heterocycles. The van der Waals surface area contributed by atoms with Gasteiger partial charge in [-0.05, 0) is 29.8 Å². The minimum absolute atomic E-state index is 0.0944. The Hall–Kier alpha value is -3.51. The van der Waals surface area contributed by atoms with Gasteiger partial charge < -0.3 is 10.2 Å². The third-order valence-corrected chi connectivity index (χ3v) is 4.35. The molecule has 1 unspecified atom stereocenters. The lowest BCUT2D eigenvalue weighted by Crippen LogP contribution is -2.46. The van der Waals surface area contributed by atoms with Crippen molar-refractivity contribution in [3.63, 3.8) is 0 Å². The number of carbonyl (C=O) groups is 1. The summed E-state index contributed by atoms with van der Waals surface area (Å²) in [5.41, 5.74) is 3.86. The first-order valence-corrected chi connectivity index (χ1v) is 8.58. The molecule has 3 aromatic carbocycles. The standard InChI is InChI=1S/C23H18N2O/c26-23-22(16-15-18-9-3-1-4-10-18)25(17-19-11-5-2-6-12-19)21-14-8-7-13-20(21)24-23/h1-14,22H,17H2,(H,24,26). The number of anilines is 2. The van der Waals surface area contributed by atoms with Gasteiger partial charge in [0.15, 0.2) is 6.04 Å². The lowest BCUT2D eigenvalue weighted by atomic mass is 10.1. The Morgan fingerprint density at radius 1 is 0.846 bits per heavy atom. The molecule has 1 atom stereocenters. The Bertz CT molecular complexity index is 971. The molecule has 1 heterocycles. The van der Waals surface area contributed by atoms with E-state index in [9.17, 15) is 4.79 Å². The van der Waals surface area contributed by atoms with E-state index >= 15 is 0 Å². The molecule has 1 aliphatic rings. The van der Waals surface area contributed by atoms with Gasteiger partial charge in [-0.15, -0.1) is 0 Å². The number of hydrogen-bond acceptors (Lipinski definition) is 2. The highest BCUT2D eigenvalue weighted by Crippen LogP contribution is 2.32. The summed E-state index contributed by atoms with van der Waals surface area (Å²) in [5.74, 6) is 6.21. The molecule has 0 spiro atoms. The summed E-state index contributed by atoms with van der Waals surface area (Å²) in [6, 6.07) is 27.2. The number of para-hydroxylation sites is 2. The largest absolute Gasteiger partial charge is 0.344 e. The summed E-state index contributed by atoms with van der Waals surface area (Å²) in [4.78, 5) is 14.8. The zero-order valence-electron chi connectivity index (χ0n) is 14.2. The lowest BCUT2D eigenvalue weighted by Gasteiger charge is -2.35. The van der Waals surface area contributed by atoms with Crippen molar-refractivity contribution in [3.05, 3.63) is 96.1 Å². The van der Waals surface area contributed by atoms with Crippen LogP contribution in [0.1, 0.15) is 11.1 Å². The van der Waals surface area contributed by atoms with Crippen LogP contribution in [0, 0.1) is 11.8 Å². The molecule has 0 bridgehead atoms. The molecule has 4 rings (SSSR count). The molecule has 0 aliphatic carbocycles. The average molecular weight is 338 g/mol. The summed E-state index contributed by atoms with van der Waals surface area (Å²) < 4.78 is 0. The van der Waals surface area contributed by atoms with Crippen LogP contribution in [0.4, 0.5) is 11.4 Å². The number of fused-ring (bicyclic) bond motifs is 1. The third-order valence-electron chi connectivity index (χ3n) is 4.35. The molecule has 26 heavy (non-hydrogen) atoms. The number of nitrogens with one attached hydrogen (secondary N) is 1. The molecule has 1 N–H and O–H groups in total. The van der Waals surface area contributed by atoms with Crippen molar-refractivity contribution in [2.45, 2.75) is 12.6 Å². The third kappa shape index (κ3) is 3.31. The number of amides is 1. The normalized spacial score (nSPS) is 15.5. The molecule has 3 heteroatoms. The van der Waals surface area contributed by atoms with E-state index in [1.165, 1.54) is 0 Å². The Labute approximate surface area is 153 Å². The SMILES string of the molecule is O=C1Nc2ccccc2N(Cc2ccccc2)C1C#Cc1ccccc1. The van der Waals surface area contributed by atoms with E-state index in [2.05, 4.69) is 34.2 Å². The van der Waals surface area contributed by atoms with Gasteiger partial charge >= 0.3 is 0 Å². The quantitative estimate of drug-likeness (QED) is 0.715. The number of rotatable bonds is 2. The van der Waals surface area contributed by atoms with E-state index < -0.39 is 6.04 Å². The molecule has 0 saturated heterocycles. The Balaban J connectivity index is 1.73. The molecule has 0 radical (unpaired) electrons. The molecule has 1 amide bonds. The van der Waals surface area contributed by atoms with E-state index in [0.717, 1.165) is 22.5 Å². The predicted molar refractivity (Wildman–Crippen MR) is 105 cm³/mol. The van der Waals surface area contributed by atoms with E-state index in [4.69, 9.17) is 0 Å². The number of carbonyl (C=O) groups excluding carboxylic acids is 1. The smallest absolute Gasteiger partial charge is 0.259 e. The second-order valence-corrected chi connectivity index (χ2v) is 6.16. The first-order valence-electron chi connectivity index (χ1n) is 8.58. The molecular weight excluding hydrogens is 320 g/mol. The van der Waals surface area contributed by atoms with Crippen LogP contribution in [0.3, 0.4) is 0 Å². The van der Waals surface area contributed by atoms with Gasteiger partial charge in [0.05, 0.1) is 11.4 Å². The van der Waals surface area contributed by atoms with Gasteiger partial charge in [0.1, 0.15) is 0 Å². The maximum Gasteiger partial charge on any atom is 0.259 e. The number of hydrogen-bond donors (Lipinski definition) is 1. The fraction of sp³-hybridized carbons (Fsp3) is 0.0870. The maximum absolute atomic E-state index is 12.7. The average Bonchev–Trinajstić information content (AvgIpc) is 2.69. The van der Waals surface area contributed by atoms with Gasteiger partial charge in [0.2, 0.25) is 0 Å². The number of nitrogens with zero attached hydrogens (tertiary/aromatic N) is 1. The van der Waals surface area contributed by atoms with Crippen LogP contribution >= 0.6 is 0 Å². The van der Waals surface area contributed by atoms with Crippen LogP contribution in [0.5, 0.6) is 0 Å². The van der Waals surface area contributed by atoms with Crippen molar-refractivity contribution in [3.8, 4) is 11.8 Å². The zero-order valence-corrected chi connectivity index (χ0v) is 14.2. The molecule has 0 fully saturated rings.